The van der Waals surface area contributed by atoms with E-state index in [4.69, 9.17) is 0 Å². The van der Waals surface area contributed by atoms with Crippen LogP contribution in [0.25, 0.3) is 22.2 Å². The molecular weight excluding hydrogens is 551 g/mol. The molecule has 2 aromatic heterocycles. The third-order valence-electron chi connectivity index (χ3n) is 7.57. The predicted molar refractivity (Wildman–Crippen MR) is 157 cm³/mol. The van der Waals surface area contributed by atoms with Gasteiger partial charge >= 0.3 is 6.18 Å². The van der Waals surface area contributed by atoms with Crippen LogP contribution in [0.2, 0.25) is 0 Å². The maximum Gasteiger partial charge on any atom is 0.406 e. The van der Waals surface area contributed by atoms with Crippen molar-refractivity contribution in [3.05, 3.63) is 72.4 Å². The Labute approximate surface area is 238 Å². The minimum absolute atomic E-state index is 0.000922. The van der Waals surface area contributed by atoms with E-state index in [1.807, 2.05) is 49.4 Å². The SMILES string of the molecule is CC(Nc1ccc(S(C)(=O)=O)nc1)c1ccc(-c2cc3c(NC4CCN(C)CC4)cccc3n2CC(F)(F)F)cc1. The topological polar surface area (TPSA) is 79.3 Å². The monoisotopic (exact) mass is 585 g/mol. The number of benzene rings is 2. The molecule has 0 saturated carbocycles. The molecule has 11 heteroatoms. The van der Waals surface area contributed by atoms with E-state index >= 15 is 0 Å². The van der Waals surface area contributed by atoms with Crippen molar-refractivity contribution in [1.29, 1.82) is 0 Å². The largest absolute Gasteiger partial charge is 0.406 e. The van der Waals surface area contributed by atoms with Gasteiger partial charge in [0.2, 0.25) is 0 Å². The Morgan fingerprint density at radius 3 is 2.37 bits per heavy atom. The van der Waals surface area contributed by atoms with E-state index in [9.17, 15) is 21.6 Å². The van der Waals surface area contributed by atoms with Crippen LogP contribution in [-0.2, 0) is 16.4 Å². The molecule has 1 saturated heterocycles. The van der Waals surface area contributed by atoms with Crippen LogP contribution in [0.3, 0.4) is 0 Å². The number of hydrogen-bond acceptors (Lipinski definition) is 6. The summed E-state index contributed by atoms with van der Waals surface area (Å²) in [7, 11) is -1.29. The number of nitrogens with one attached hydrogen (secondary N) is 2. The zero-order valence-corrected chi connectivity index (χ0v) is 24.1. The summed E-state index contributed by atoms with van der Waals surface area (Å²) in [5, 5.41) is 7.65. The van der Waals surface area contributed by atoms with Gasteiger partial charge in [0.15, 0.2) is 14.9 Å². The van der Waals surface area contributed by atoms with Crippen LogP contribution >= 0.6 is 0 Å². The predicted octanol–water partition coefficient (Wildman–Crippen LogP) is 6.35. The van der Waals surface area contributed by atoms with Crippen molar-refractivity contribution in [2.24, 2.45) is 0 Å². The number of aromatic nitrogens is 2. The molecule has 1 atom stereocenters. The van der Waals surface area contributed by atoms with Crippen molar-refractivity contribution in [2.45, 2.75) is 49.6 Å². The molecule has 0 bridgehead atoms. The highest BCUT2D eigenvalue weighted by Crippen LogP contribution is 2.36. The van der Waals surface area contributed by atoms with Crippen molar-refractivity contribution in [3.63, 3.8) is 0 Å². The van der Waals surface area contributed by atoms with Gasteiger partial charge in [0, 0.05) is 35.1 Å². The third-order valence-corrected chi connectivity index (χ3v) is 8.57. The summed E-state index contributed by atoms with van der Waals surface area (Å²) in [6.07, 6.45) is 0.155. The van der Waals surface area contributed by atoms with Gasteiger partial charge in [0.25, 0.3) is 0 Å². The highest BCUT2D eigenvalue weighted by atomic mass is 32.2. The molecule has 7 nitrogen and oxygen atoms in total. The second-order valence-electron chi connectivity index (χ2n) is 10.8. The standard InChI is InChI=1S/C30H34F3N5O2S/c1-20(35-24-11-12-29(34-18-24)41(3,39)40)21-7-9-22(10-8-21)28-17-25-26(36-23-13-15-37(2)16-14-23)5-4-6-27(25)38(28)19-30(31,32)33/h4-12,17-18,20,23,35-36H,13-16,19H2,1-3H3. The lowest BCUT2D eigenvalue weighted by Gasteiger charge is -2.30. The summed E-state index contributed by atoms with van der Waals surface area (Å²) in [5.41, 5.74) is 4.16. The second kappa shape index (κ2) is 11.4. The molecule has 2 aromatic carbocycles. The number of pyridine rings is 1. The summed E-state index contributed by atoms with van der Waals surface area (Å²) in [4.78, 5) is 6.28. The van der Waals surface area contributed by atoms with Gasteiger partial charge in [0.05, 0.1) is 17.4 Å². The average Bonchev–Trinajstić information content (AvgIpc) is 3.27. The Balaban J connectivity index is 1.42. The number of rotatable bonds is 8. The normalized spacial score (nSPS) is 16.1. The molecule has 1 fully saturated rings. The van der Waals surface area contributed by atoms with Crippen LogP contribution in [0, 0.1) is 0 Å². The van der Waals surface area contributed by atoms with Crippen LogP contribution in [0.5, 0.6) is 0 Å². The van der Waals surface area contributed by atoms with Gasteiger partial charge in [0.1, 0.15) is 6.54 Å². The molecule has 0 radical (unpaired) electrons. The second-order valence-corrected chi connectivity index (χ2v) is 12.8. The van der Waals surface area contributed by atoms with Gasteiger partial charge in [-0.1, -0.05) is 30.3 Å². The number of nitrogens with zero attached hydrogens (tertiary/aromatic N) is 3. The van der Waals surface area contributed by atoms with Crippen LogP contribution < -0.4 is 10.6 Å². The maximum absolute atomic E-state index is 13.7. The minimum atomic E-state index is -4.38. The zero-order chi connectivity index (χ0) is 29.4. The van der Waals surface area contributed by atoms with Gasteiger partial charge in [-0.05, 0) is 81.4 Å². The molecule has 0 amide bonds. The number of fused-ring (bicyclic) bond motifs is 1. The highest BCUT2D eigenvalue weighted by Gasteiger charge is 2.30. The van der Waals surface area contributed by atoms with Crippen molar-refractivity contribution in [1.82, 2.24) is 14.5 Å². The molecule has 1 aliphatic rings. The molecule has 218 valence electrons. The van der Waals surface area contributed by atoms with E-state index in [2.05, 4.69) is 27.6 Å². The Morgan fingerprint density at radius 2 is 1.76 bits per heavy atom. The molecule has 1 aliphatic heterocycles. The Bertz CT molecular complexity index is 1610. The lowest BCUT2D eigenvalue weighted by molar-refractivity contribution is -0.139. The number of halogens is 3. The first-order valence-electron chi connectivity index (χ1n) is 13.5. The number of sulfone groups is 1. The first kappa shape index (κ1) is 28.9. The van der Waals surface area contributed by atoms with Gasteiger partial charge in [-0.15, -0.1) is 0 Å². The Hall–Kier alpha value is -3.57. The van der Waals surface area contributed by atoms with Crippen molar-refractivity contribution >= 4 is 32.1 Å². The number of likely N-dealkylation sites (tertiary alicyclic amines) is 1. The number of anilines is 2. The molecular formula is C30H34F3N5O2S. The van der Waals surface area contributed by atoms with Gasteiger partial charge in [-0.2, -0.15) is 13.2 Å². The fourth-order valence-corrected chi connectivity index (χ4v) is 5.89. The lowest BCUT2D eigenvalue weighted by atomic mass is 10.0. The Kier molecular flexibility index (Phi) is 8.02. The zero-order valence-electron chi connectivity index (χ0n) is 23.2. The Morgan fingerprint density at radius 1 is 1.05 bits per heavy atom. The maximum atomic E-state index is 13.7. The van der Waals surface area contributed by atoms with Crippen LogP contribution in [0.15, 0.2) is 71.9 Å². The molecule has 5 rings (SSSR count). The first-order valence-corrected chi connectivity index (χ1v) is 15.4. The summed E-state index contributed by atoms with van der Waals surface area (Å²) in [5.74, 6) is 0. The van der Waals surface area contributed by atoms with E-state index in [1.165, 1.54) is 16.8 Å². The number of alkyl halides is 3. The highest BCUT2D eigenvalue weighted by molar-refractivity contribution is 7.90. The lowest BCUT2D eigenvalue weighted by Crippen LogP contribution is -2.36. The summed E-state index contributed by atoms with van der Waals surface area (Å²) >= 11 is 0. The molecule has 41 heavy (non-hydrogen) atoms. The average molecular weight is 586 g/mol. The first-order chi connectivity index (χ1) is 19.4. The quantitative estimate of drug-likeness (QED) is 0.251. The summed E-state index contributed by atoms with van der Waals surface area (Å²) in [6.45, 7) is 2.83. The van der Waals surface area contributed by atoms with Crippen LogP contribution in [0.4, 0.5) is 24.5 Å². The smallest absolute Gasteiger partial charge is 0.382 e. The minimum Gasteiger partial charge on any atom is -0.382 e. The van der Waals surface area contributed by atoms with Crippen molar-refractivity contribution in [3.8, 4) is 11.3 Å². The molecule has 0 spiro atoms. The van der Waals surface area contributed by atoms with Crippen LogP contribution in [0.1, 0.15) is 31.4 Å². The summed E-state index contributed by atoms with van der Waals surface area (Å²) in [6, 6.07) is 18.0. The van der Waals surface area contributed by atoms with E-state index in [1.54, 1.807) is 12.1 Å². The fraction of sp³-hybridized carbons (Fsp3) is 0.367. The number of hydrogen-bond donors (Lipinski definition) is 2. The van der Waals surface area contributed by atoms with Crippen molar-refractivity contribution in [2.75, 3.05) is 37.0 Å². The van der Waals surface area contributed by atoms with Crippen molar-refractivity contribution < 1.29 is 21.6 Å². The fourth-order valence-electron chi connectivity index (χ4n) is 5.33. The molecule has 0 aliphatic carbocycles. The third kappa shape index (κ3) is 6.84. The van der Waals surface area contributed by atoms with Gasteiger partial charge in [-0.25, -0.2) is 13.4 Å². The molecule has 4 aromatic rings. The molecule has 1 unspecified atom stereocenters. The van der Waals surface area contributed by atoms with Gasteiger partial charge < -0.3 is 20.1 Å². The number of piperidine rings is 1. The summed E-state index contributed by atoms with van der Waals surface area (Å²) < 4.78 is 65.9. The molecule has 2 N–H and O–H groups in total. The van der Waals surface area contributed by atoms with E-state index in [0.29, 0.717) is 22.5 Å². The van der Waals surface area contributed by atoms with E-state index in [0.717, 1.165) is 48.8 Å². The van der Waals surface area contributed by atoms with Gasteiger partial charge in [-0.3, -0.25) is 0 Å². The van der Waals surface area contributed by atoms with E-state index in [-0.39, 0.29) is 17.1 Å². The van der Waals surface area contributed by atoms with Crippen LogP contribution in [-0.4, -0.2) is 61.5 Å². The van der Waals surface area contributed by atoms with E-state index < -0.39 is 22.6 Å². The molecule has 3 heterocycles.